The summed E-state index contributed by atoms with van der Waals surface area (Å²) in [4.78, 5) is 8.13. The van der Waals surface area contributed by atoms with Gasteiger partial charge in [0, 0.05) is 17.2 Å². The van der Waals surface area contributed by atoms with Crippen molar-refractivity contribution in [3.8, 4) is 0 Å². The minimum Gasteiger partial charge on any atom is -0.347 e. The maximum atomic E-state index is 5.41. The van der Waals surface area contributed by atoms with Crippen molar-refractivity contribution in [2.75, 3.05) is 0 Å². The molecule has 0 radical (unpaired) electrons. The molecule has 0 aromatic carbocycles. The number of aromatic nitrogens is 2. The number of aryl methyl sites for hydroxylation is 1. The standard InChI is InChI=1S/C15H24N2S/c1-4-11-6-8-12(9-7-11)14-16-10(3)13(5-2)15(18)17-14/h11-12H,4-9H2,1-3H3,(H,16,17,18). The number of nitrogens with one attached hydrogen (secondary N) is 1. The van der Waals surface area contributed by atoms with Gasteiger partial charge in [-0.3, -0.25) is 0 Å². The van der Waals surface area contributed by atoms with E-state index in [1.54, 1.807) is 0 Å². The molecule has 1 aliphatic rings. The largest absolute Gasteiger partial charge is 0.347 e. The molecule has 18 heavy (non-hydrogen) atoms. The van der Waals surface area contributed by atoms with Crippen molar-refractivity contribution < 1.29 is 0 Å². The molecule has 0 unspecified atom stereocenters. The second-order valence-electron chi connectivity index (χ2n) is 5.51. The third kappa shape index (κ3) is 2.82. The van der Waals surface area contributed by atoms with Gasteiger partial charge >= 0.3 is 0 Å². The van der Waals surface area contributed by atoms with E-state index in [9.17, 15) is 0 Å². The fraction of sp³-hybridized carbons (Fsp3) is 0.733. The van der Waals surface area contributed by atoms with Crippen molar-refractivity contribution in [3.05, 3.63) is 21.7 Å². The Labute approximate surface area is 115 Å². The second-order valence-corrected chi connectivity index (χ2v) is 5.90. The minimum atomic E-state index is 0.596. The molecule has 0 saturated heterocycles. The monoisotopic (exact) mass is 264 g/mol. The van der Waals surface area contributed by atoms with Crippen LogP contribution < -0.4 is 0 Å². The Morgan fingerprint density at radius 1 is 1.22 bits per heavy atom. The molecule has 1 N–H and O–H groups in total. The quantitative estimate of drug-likeness (QED) is 0.802. The molecule has 1 fully saturated rings. The van der Waals surface area contributed by atoms with Crippen LogP contribution in [-0.2, 0) is 6.42 Å². The van der Waals surface area contributed by atoms with E-state index >= 15 is 0 Å². The fourth-order valence-corrected chi connectivity index (χ4v) is 3.48. The molecule has 1 heterocycles. The van der Waals surface area contributed by atoms with Gasteiger partial charge < -0.3 is 4.98 Å². The van der Waals surface area contributed by atoms with Gasteiger partial charge in [0.05, 0.1) is 0 Å². The van der Waals surface area contributed by atoms with Crippen LogP contribution in [0.25, 0.3) is 0 Å². The third-order valence-electron chi connectivity index (χ3n) is 4.41. The van der Waals surface area contributed by atoms with E-state index < -0.39 is 0 Å². The summed E-state index contributed by atoms with van der Waals surface area (Å²) in [5.41, 5.74) is 2.42. The number of nitrogens with zero attached hydrogens (tertiary/aromatic N) is 1. The Bertz CT molecular complexity index is 456. The summed E-state index contributed by atoms with van der Waals surface area (Å²) in [7, 11) is 0. The zero-order chi connectivity index (χ0) is 13.1. The SMILES string of the molecule is CCc1c(C)[nH]c(C2CCC(CC)CC2)nc1=S. The Morgan fingerprint density at radius 3 is 2.39 bits per heavy atom. The predicted molar refractivity (Wildman–Crippen MR) is 78.5 cm³/mol. The molecular weight excluding hydrogens is 240 g/mol. The molecule has 1 aliphatic carbocycles. The molecule has 1 aromatic rings. The van der Waals surface area contributed by atoms with E-state index in [0.717, 1.165) is 22.8 Å². The van der Waals surface area contributed by atoms with Crippen LogP contribution in [0.1, 0.15) is 69.0 Å². The van der Waals surface area contributed by atoms with Crippen LogP contribution in [0.5, 0.6) is 0 Å². The van der Waals surface area contributed by atoms with Gasteiger partial charge in [0.2, 0.25) is 0 Å². The van der Waals surface area contributed by atoms with E-state index in [1.807, 2.05) is 0 Å². The van der Waals surface area contributed by atoms with E-state index in [1.165, 1.54) is 43.4 Å². The summed E-state index contributed by atoms with van der Waals surface area (Å²) in [5.74, 6) is 2.66. The molecule has 0 spiro atoms. The van der Waals surface area contributed by atoms with Crippen LogP contribution in [0.2, 0.25) is 0 Å². The first-order valence-corrected chi connectivity index (χ1v) is 7.66. The summed E-state index contributed by atoms with van der Waals surface area (Å²) >= 11 is 5.41. The zero-order valence-electron chi connectivity index (χ0n) is 11.8. The Morgan fingerprint density at radius 2 is 1.89 bits per heavy atom. The molecule has 0 bridgehead atoms. The van der Waals surface area contributed by atoms with Gasteiger partial charge in [-0.05, 0) is 44.9 Å². The lowest BCUT2D eigenvalue weighted by Crippen LogP contribution is -2.16. The van der Waals surface area contributed by atoms with Gasteiger partial charge in [0.25, 0.3) is 0 Å². The number of hydrogen-bond donors (Lipinski definition) is 1. The lowest BCUT2D eigenvalue weighted by Gasteiger charge is -2.27. The van der Waals surface area contributed by atoms with Crippen LogP contribution in [0, 0.1) is 17.5 Å². The highest BCUT2D eigenvalue weighted by Gasteiger charge is 2.23. The second kappa shape index (κ2) is 5.96. The molecule has 2 nitrogen and oxygen atoms in total. The topological polar surface area (TPSA) is 28.7 Å². The summed E-state index contributed by atoms with van der Waals surface area (Å²) in [6.07, 6.45) is 7.51. The average molecular weight is 264 g/mol. The Balaban J connectivity index is 2.18. The number of aromatic amines is 1. The maximum Gasteiger partial charge on any atom is 0.133 e. The van der Waals surface area contributed by atoms with Gasteiger partial charge in [-0.1, -0.05) is 32.5 Å². The Hall–Kier alpha value is -0.700. The molecule has 2 rings (SSSR count). The van der Waals surface area contributed by atoms with Crippen molar-refractivity contribution >= 4 is 12.2 Å². The van der Waals surface area contributed by atoms with Crippen LogP contribution >= 0.6 is 12.2 Å². The van der Waals surface area contributed by atoms with Crippen molar-refractivity contribution in [2.24, 2.45) is 5.92 Å². The molecule has 0 amide bonds. The summed E-state index contributed by atoms with van der Waals surface area (Å²) in [5, 5.41) is 0. The molecular formula is C15H24N2S. The van der Waals surface area contributed by atoms with E-state index in [2.05, 4.69) is 30.7 Å². The maximum absolute atomic E-state index is 5.41. The van der Waals surface area contributed by atoms with Crippen molar-refractivity contribution in [1.29, 1.82) is 0 Å². The van der Waals surface area contributed by atoms with E-state index in [0.29, 0.717) is 5.92 Å². The molecule has 1 aromatic heterocycles. The van der Waals surface area contributed by atoms with Crippen molar-refractivity contribution in [3.63, 3.8) is 0 Å². The molecule has 0 atom stereocenters. The molecule has 3 heteroatoms. The van der Waals surface area contributed by atoms with E-state index in [4.69, 9.17) is 12.2 Å². The molecule has 100 valence electrons. The molecule has 1 saturated carbocycles. The average Bonchev–Trinajstić information content (AvgIpc) is 2.38. The minimum absolute atomic E-state index is 0.596. The van der Waals surface area contributed by atoms with Crippen molar-refractivity contribution in [1.82, 2.24) is 9.97 Å². The first-order valence-electron chi connectivity index (χ1n) is 7.25. The van der Waals surface area contributed by atoms with Crippen LogP contribution in [0.15, 0.2) is 0 Å². The predicted octanol–water partition coefficient (Wildman–Crippen LogP) is 4.69. The van der Waals surface area contributed by atoms with Crippen molar-refractivity contribution in [2.45, 2.75) is 65.2 Å². The highest BCUT2D eigenvalue weighted by atomic mass is 32.1. The third-order valence-corrected chi connectivity index (χ3v) is 4.75. The van der Waals surface area contributed by atoms with Gasteiger partial charge in [-0.25, -0.2) is 4.98 Å². The van der Waals surface area contributed by atoms with E-state index in [-0.39, 0.29) is 0 Å². The van der Waals surface area contributed by atoms with Gasteiger partial charge in [-0.2, -0.15) is 0 Å². The summed E-state index contributed by atoms with van der Waals surface area (Å²) in [6.45, 7) is 6.56. The fourth-order valence-electron chi connectivity index (χ4n) is 3.09. The van der Waals surface area contributed by atoms with Crippen LogP contribution in [0.3, 0.4) is 0 Å². The zero-order valence-corrected chi connectivity index (χ0v) is 12.6. The highest BCUT2D eigenvalue weighted by molar-refractivity contribution is 7.71. The van der Waals surface area contributed by atoms with Crippen LogP contribution in [-0.4, -0.2) is 9.97 Å². The lowest BCUT2D eigenvalue weighted by molar-refractivity contribution is 0.311. The first kappa shape index (κ1) is 13.7. The van der Waals surface area contributed by atoms with Gasteiger partial charge in [0.1, 0.15) is 10.5 Å². The smallest absolute Gasteiger partial charge is 0.133 e. The summed E-state index contributed by atoms with van der Waals surface area (Å²) in [6, 6.07) is 0. The lowest BCUT2D eigenvalue weighted by atomic mass is 9.80. The Kier molecular flexibility index (Phi) is 4.55. The number of H-pyrrole nitrogens is 1. The number of hydrogen-bond acceptors (Lipinski definition) is 2. The summed E-state index contributed by atoms with van der Waals surface area (Å²) < 4.78 is 0.807. The van der Waals surface area contributed by atoms with Gasteiger partial charge in [0.15, 0.2) is 0 Å². The highest BCUT2D eigenvalue weighted by Crippen LogP contribution is 2.35. The van der Waals surface area contributed by atoms with Gasteiger partial charge in [-0.15, -0.1) is 0 Å². The first-order chi connectivity index (χ1) is 8.65. The van der Waals surface area contributed by atoms with Crippen LogP contribution in [0.4, 0.5) is 0 Å². The normalized spacial score (nSPS) is 24.2. The molecule has 0 aliphatic heterocycles. The number of rotatable bonds is 3.